The summed E-state index contributed by atoms with van der Waals surface area (Å²) in [6, 6.07) is 15.9. The molecule has 0 N–H and O–H groups in total. The van der Waals surface area contributed by atoms with Crippen molar-refractivity contribution in [2.75, 3.05) is 23.9 Å². The summed E-state index contributed by atoms with van der Waals surface area (Å²) >= 11 is 2.55. The fraction of sp³-hybridized carbons (Fsp3) is 0.217. The number of alkyl halides is 2. The van der Waals surface area contributed by atoms with E-state index in [-0.39, 0.29) is 16.8 Å². The van der Waals surface area contributed by atoms with Crippen molar-refractivity contribution in [1.82, 2.24) is 9.55 Å². The average Bonchev–Trinajstić information content (AvgIpc) is 3.48. The number of carbonyl (C=O) groups is 1. The second-order valence-corrected chi connectivity index (χ2v) is 9.18. The molecule has 4 aromatic rings. The van der Waals surface area contributed by atoms with Crippen LogP contribution in [-0.2, 0) is 11.3 Å². The predicted molar refractivity (Wildman–Crippen MR) is 125 cm³/mol. The maximum Gasteiger partial charge on any atom is 0.321 e. The fourth-order valence-electron chi connectivity index (χ4n) is 3.60. The van der Waals surface area contributed by atoms with E-state index >= 15 is 0 Å². The second-order valence-electron chi connectivity index (χ2n) is 7.21. The average molecular weight is 488 g/mol. The summed E-state index contributed by atoms with van der Waals surface area (Å²) in [5.74, 6) is 0.942. The number of thiophene rings is 1. The van der Waals surface area contributed by atoms with Crippen LogP contribution in [0.3, 0.4) is 0 Å². The fourth-order valence-corrected chi connectivity index (χ4v) is 5.18. The van der Waals surface area contributed by atoms with Crippen LogP contribution in [0.25, 0.3) is 11.0 Å². The van der Waals surface area contributed by atoms with Crippen molar-refractivity contribution in [2.24, 2.45) is 0 Å². The summed E-state index contributed by atoms with van der Waals surface area (Å²) < 4.78 is 39.6. The predicted octanol–water partition coefficient (Wildman–Crippen LogP) is 5.59. The van der Waals surface area contributed by atoms with Gasteiger partial charge in [0.2, 0.25) is 5.91 Å². The SMILES string of the molecule is O=C(CSc1nc2ccccc2n1C(F)F)N(Cc1cccs1)c1ccc2c(c1)OCCO2. The molecule has 0 saturated carbocycles. The highest BCUT2D eigenvalue weighted by Crippen LogP contribution is 2.35. The van der Waals surface area contributed by atoms with Crippen molar-refractivity contribution >= 4 is 45.7 Å². The molecule has 6 nitrogen and oxygen atoms in total. The van der Waals surface area contributed by atoms with Crippen molar-refractivity contribution < 1.29 is 23.0 Å². The Morgan fingerprint density at radius 2 is 1.94 bits per heavy atom. The monoisotopic (exact) mass is 487 g/mol. The highest BCUT2D eigenvalue weighted by atomic mass is 32.2. The lowest BCUT2D eigenvalue weighted by molar-refractivity contribution is -0.116. The molecule has 2 aromatic heterocycles. The van der Waals surface area contributed by atoms with Crippen LogP contribution < -0.4 is 14.4 Å². The minimum atomic E-state index is -2.75. The first-order chi connectivity index (χ1) is 16.1. The number of anilines is 1. The molecule has 10 heteroatoms. The number of hydrogen-bond donors (Lipinski definition) is 0. The topological polar surface area (TPSA) is 56.6 Å². The highest BCUT2D eigenvalue weighted by Gasteiger charge is 2.23. The van der Waals surface area contributed by atoms with Crippen LogP contribution in [-0.4, -0.2) is 34.4 Å². The minimum Gasteiger partial charge on any atom is -0.486 e. The zero-order valence-electron chi connectivity index (χ0n) is 17.3. The molecule has 0 aliphatic carbocycles. The van der Waals surface area contributed by atoms with Gasteiger partial charge in [-0.05, 0) is 35.7 Å². The molecule has 0 spiro atoms. The molecule has 1 aliphatic heterocycles. The smallest absolute Gasteiger partial charge is 0.321 e. The first-order valence-corrected chi connectivity index (χ1v) is 12.1. The van der Waals surface area contributed by atoms with E-state index in [9.17, 15) is 13.6 Å². The van der Waals surface area contributed by atoms with Gasteiger partial charge in [-0.25, -0.2) is 4.98 Å². The maximum absolute atomic E-state index is 13.7. The number of halogens is 2. The molecule has 170 valence electrons. The van der Waals surface area contributed by atoms with Crippen LogP contribution in [0.4, 0.5) is 14.5 Å². The van der Waals surface area contributed by atoms with Crippen molar-refractivity contribution in [2.45, 2.75) is 18.3 Å². The van der Waals surface area contributed by atoms with Gasteiger partial charge in [-0.2, -0.15) is 8.78 Å². The number of nitrogens with zero attached hydrogens (tertiary/aromatic N) is 3. The van der Waals surface area contributed by atoms with Crippen LogP contribution in [0.5, 0.6) is 11.5 Å². The van der Waals surface area contributed by atoms with Gasteiger partial charge in [0.15, 0.2) is 16.7 Å². The molecule has 0 unspecified atom stereocenters. The van der Waals surface area contributed by atoms with E-state index in [1.807, 2.05) is 17.5 Å². The molecule has 0 fully saturated rings. The molecular formula is C23H19F2N3O3S2. The Labute approximate surface area is 196 Å². The number of carbonyl (C=O) groups excluding carboxylic acids is 1. The van der Waals surface area contributed by atoms with E-state index in [4.69, 9.17) is 9.47 Å². The molecular weight excluding hydrogens is 468 g/mol. The number of rotatable bonds is 7. The zero-order valence-corrected chi connectivity index (χ0v) is 19.0. The van der Waals surface area contributed by atoms with E-state index in [1.54, 1.807) is 58.7 Å². The van der Waals surface area contributed by atoms with Gasteiger partial charge < -0.3 is 14.4 Å². The normalized spacial score (nSPS) is 12.9. The lowest BCUT2D eigenvalue weighted by Crippen LogP contribution is -2.32. The van der Waals surface area contributed by atoms with E-state index < -0.39 is 6.55 Å². The van der Waals surface area contributed by atoms with Crippen LogP contribution in [0.2, 0.25) is 0 Å². The van der Waals surface area contributed by atoms with Crippen molar-refractivity contribution in [3.8, 4) is 11.5 Å². The number of aromatic nitrogens is 2. The second kappa shape index (κ2) is 9.40. The number of thioether (sulfide) groups is 1. The molecule has 2 aromatic carbocycles. The third kappa shape index (κ3) is 4.53. The molecule has 0 bridgehead atoms. The number of hydrogen-bond acceptors (Lipinski definition) is 6. The van der Waals surface area contributed by atoms with Crippen LogP contribution in [0.1, 0.15) is 11.4 Å². The van der Waals surface area contributed by atoms with E-state index in [0.717, 1.165) is 21.2 Å². The van der Waals surface area contributed by atoms with Gasteiger partial charge in [0.05, 0.1) is 23.3 Å². The Morgan fingerprint density at radius 3 is 2.73 bits per heavy atom. The first kappa shape index (κ1) is 21.7. The Hall–Kier alpha value is -3.11. The number of para-hydroxylation sites is 2. The molecule has 0 atom stereocenters. The number of benzene rings is 2. The van der Waals surface area contributed by atoms with Crippen LogP contribution in [0, 0.1) is 0 Å². The number of amides is 1. The molecule has 5 rings (SSSR count). The summed E-state index contributed by atoms with van der Waals surface area (Å²) in [5.41, 5.74) is 1.46. The zero-order chi connectivity index (χ0) is 22.8. The molecule has 0 saturated heterocycles. The maximum atomic E-state index is 13.7. The van der Waals surface area contributed by atoms with Crippen LogP contribution in [0.15, 0.2) is 65.1 Å². The molecule has 0 radical (unpaired) electrons. The first-order valence-electron chi connectivity index (χ1n) is 10.2. The Balaban J connectivity index is 1.41. The standard InChI is InChI=1S/C23H19F2N3O3S2/c24-22(25)28-18-6-2-1-5-17(18)26-23(28)33-14-21(29)27(13-16-4-3-11-32-16)15-7-8-19-20(12-15)31-10-9-30-19/h1-8,11-12,22H,9-10,13-14H2. The molecule has 1 amide bonds. The lowest BCUT2D eigenvalue weighted by atomic mass is 10.2. The third-order valence-electron chi connectivity index (χ3n) is 5.12. The van der Waals surface area contributed by atoms with E-state index in [0.29, 0.717) is 48.0 Å². The largest absolute Gasteiger partial charge is 0.486 e. The molecule has 3 heterocycles. The Bertz CT molecular complexity index is 1280. The number of imidazole rings is 1. The molecule has 33 heavy (non-hydrogen) atoms. The number of ether oxygens (including phenoxy) is 2. The van der Waals surface area contributed by atoms with Gasteiger partial charge >= 0.3 is 6.55 Å². The van der Waals surface area contributed by atoms with E-state index in [2.05, 4.69) is 4.98 Å². The lowest BCUT2D eigenvalue weighted by Gasteiger charge is -2.25. The Morgan fingerprint density at radius 1 is 1.12 bits per heavy atom. The summed E-state index contributed by atoms with van der Waals surface area (Å²) in [6.45, 7) is -1.47. The Kier molecular flexibility index (Phi) is 6.19. The highest BCUT2D eigenvalue weighted by molar-refractivity contribution is 7.99. The summed E-state index contributed by atoms with van der Waals surface area (Å²) in [5, 5.41) is 2.06. The summed E-state index contributed by atoms with van der Waals surface area (Å²) in [7, 11) is 0. The van der Waals surface area contributed by atoms with E-state index in [1.165, 1.54) is 0 Å². The van der Waals surface area contributed by atoms with Crippen LogP contribution >= 0.6 is 23.1 Å². The van der Waals surface area contributed by atoms with Gasteiger partial charge in [-0.15, -0.1) is 11.3 Å². The van der Waals surface area contributed by atoms with Gasteiger partial charge in [-0.1, -0.05) is 30.0 Å². The van der Waals surface area contributed by atoms with Gasteiger partial charge in [-0.3, -0.25) is 9.36 Å². The van der Waals surface area contributed by atoms with Crippen molar-refractivity contribution in [3.05, 3.63) is 64.9 Å². The third-order valence-corrected chi connectivity index (χ3v) is 6.91. The van der Waals surface area contributed by atoms with Gasteiger partial charge in [0.1, 0.15) is 13.2 Å². The summed E-state index contributed by atoms with van der Waals surface area (Å²) in [4.78, 5) is 20.3. The van der Waals surface area contributed by atoms with Gasteiger partial charge in [0, 0.05) is 16.6 Å². The molecule has 1 aliphatic rings. The van der Waals surface area contributed by atoms with Gasteiger partial charge in [0.25, 0.3) is 0 Å². The van der Waals surface area contributed by atoms with Crippen molar-refractivity contribution in [1.29, 1.82) is 0 Å². The quantitative estimate of drug-likeness (QED) is 0.318. The summed E-state index contributed by atoms with van der Waals surface area (Å²) in [6.07, 6.45) is 0. The minimum absolute atomic E-state index is 0.0458. The van der Waals surface area contributed by atoms with Crippen molar-refractivity contribution in [3.63, 3.8) is 0 Å². The number of fused-ring (bicyclic) bond motifs is 2.